The summed E-state index contributed by atoms with van der Waals surface area (Å²) in [4.78, 5) is 34.9. The summed E-state index contributed by atoms with van der Waals surface area (Å²) in [7, 11) is 1.31. The number of benzene rings is 1. The minimum absolute atomic E-state index is 0.286. The predicted octanol–water partition coefficient (Wildman–Crippen LogP) is 5.97. The van der Waals surface area contributed by atoms with Crippen molar-refractivity contribution in [1.29, 1.82) is 0 Å². The zero-order valence-corrected chi connectivity index (χ0v) is 19.2. The molecule has 0 saturated heterocycles. The maximum absolute atomic E-state index is 13.5. The van der Waals surface area contributed by atoms with E-state index < -0.39 is 5.97 Å². The third-order valence-electron chi connectivity index (χ3n) is 5.33. The van der Waals surface area contributed by atoms with Gasteiger partial charge in [-0.15, -0.1) is 11.3 Å². The average Bonchev–Trinajstić information content (AvgIpc) is 3.49. The second-order valence-corrected chi connectivity index (χ2v) is 8.40. The van der Waals surface area contributed by atoms with Crippen LogP contribution in [0.5, 0.6) is 0 Å². The molecule has 7 nitrogen and oxygen atoms in total. The Morgan fingerprint density at radius 1 is 1.09 bits per heavy atom. The molecule has 4 heterocycles. The molecule has 1 N–H and O–H groups in total. The van der Waals surface area contributed by atoms with Crippen LogP contribution in [0.1, 0.15) is 26.5 Å². The van der Waals surface area contributed by atoms with Gasteiger partial charge in [-0.3, -0.25) is 9.78 Å². The molecule has 0 spiro atoms. The summed E-state index contributed by atoms with van der Waals surface area (Å²) in [6, 6.07) is 16.4. The van der Waals surface area contributed by atoms with Gasteiger partial charge >= 0.3 is 5.97 Å². The van der Waals surface area contributed by atoms with Crippen molar-refractivity contribution in [2.24, 2.45) is 0 Å². The molecule has 168 valence electrons. The Kier molecular flexibility index (Phi) is 5.65. The fraction of sp³-hybridized carbons (Fsp3) is 0.0769. The van der Waals surface area contributed by atoms with E-state index in [4.69, 9.17) is 9.15 Å². The van der Waals surface area contributed by atoms with Crippen molar-refractivity contribution in [2.75, 3.05) is 12.4 Å². The van der Waals surface area contributed by atoms with E-state index in [9.17, 15) is 9.59 Å². The minimum atomic E-state index is -0.540. The summed E-state index contributed by atoms with van der Waals surface area (Å²) in [6.45, 7) is 1.85. The number of anilines is 1. The van der Waals surface area contributed by atoms with E-state index in [0.717, 1.165) is 11.3 Å². The molecule has 0 fully saturated rings. The number of pyridine rings is 2. The minimum Gasteiger partial charge on any atom is -0.465 e. The van der Waals surface area contributed by atoms with Crippen molar-refractivity contribution in [1.82, 2.24) is 9.97 Å². The summed E-state index contributed by atoms with van der Waals surface area (Å²) in [5.41, 5.74) is 3.31. The molecule has 0 aliphatic heterocycles. The van der Waals surface area contributed by atoms with Gasteiger partial charge in [0.2, 0.25) is 0 Å². The van der Waals surface area contributed by atoms with Crippen molar-refractivity contribution in [3.05, 3.63) is 89.3 Å². The van der Waals surface area contributed by atoms with E-state index >= 15 is 0 Å². The van der Waals surface area contributed by atoms with Gasteiger partial charge in [-0.05, 0) is 37.3 Å². The zero-order chi connectivity index (χ0) is 23.7. The van der Waals surface area contributed by atoms with E-state index in [0.29, 0.717) is 38.5 Å². The van der Waals surface area contributed by atoms with Crippen LogP contribution in [0.2, 0.25) is 0 Å². The van der Waals surface area contributed by atoms with E-state index in [1.54, 1.807) is 29.9 Å². The Balaban J connectivity index is 1.58. The van der Waals surface area contributed by atoms with Gasteiger partial charge in [0.1, 0.15) is 22.0 Å². The Morgan fingerprint density at radius 3 is 2.68 bits per heavy atom. The lowest BCUT2D eigenvalue weighted by Gasteiger charge is -2.10. The molecule has 4 aromatic heterocycles. The van der Waals surface area contributed by atoms with Crippen LogP contribution in [0.4, 0.5) is 5.00 Å². The molecule has 1 amide bonds. The number of carbonyl (C=O) groups is 2. The number of amides is 1. The number of thiophene rings is 1. The van der Waals surface area contributed by atoms with Crippen molar-refractivity contribution >= 4 is 39.1 Å². The van der Waals surface area contributed by atoms with E-state index in [2.05, 4.69) is 15.3 Å². The van der Waals surface area contributed by atoms with E-state index in [-0.39, 0.29) is 11.5 Å². The molecule has 5 aromatic rings. The number of furan rings is 1. The van der Waals surface area contributed by atoms with Crippen LogP contribution in [-0.2, 0) is 4.74 Å². The van der Waals surface area contributed by atoms with Gasteiger partial charge in [0, 0.05) is 34.3 Å². The number of rotatable bonds is 5. The highest BCUT2D eigenvalue weighted by atomic mass is 32.1. The molecule has 1 aromatic carbocycles. The molecule has 0 aliphatic carbocycles. The van der Waals surface area contributed by atoms with Gasteiger partial charge < -0.3 is 14.5 Å². The quantitative estimate of drug-likeness (QED) is 0.319. The van der Waals surface area contributed by atoms with Crippen LogP contribution in [0.25, 0.3) is 33.5 Å². The number of esters is 1. The summed E-state index contributed by atoms with van der Waals surface area (Å²) in [6.07, 6.45) is 3.32. The molecule has 0 unspecified atom stereocenters. The number of fused-ring (bicyclic) bond motifs is 1. The van der Waals surface area contributed by atoms with Gasteiger partial charge in [0.15, 0.2) is 5.76 Å². The SMILES string of the molecule is COC(=O)c1c(-c2cccnc2)csc1NC(=O)c1cc(-c2ccc(C)o2)nc2ccccc12. The molecular formula is C26H19N3O4S. The summed E-state index contributed by atoms with van der Waals surface area (Å²) in [5.74, 6) is 0.414. The molecule has 0 radical (unpaired) electrons. The second-order valence-electron chi connectivity index (χ2n) is 7.52. The van der Waals surface area contributed by atoms with Gasteiger partial charge in [-0.2, -0.15) is 0 Å². The molecule has 5 rings (SSSR count). The number of hydrogen-bond donors (Lipinski definition) is 1. The maximum Gasteiger partial charge on any atom is 0.341 e. The number of nitrogens with zero attached hydrogens (tertiary/aromatic N) is 2. The Morgan fingerprint density at radius 2 is 1.94 bits per heavy atom. The van der Waals surface area contributed by atoms with Crippen LogP contribution in [0.15, 0.2) is 76.8 Å². The molecule has 0 bridgehead atoms. The summed E-state index contributed by atoms with van der Waals surface area (Å²) in [5, 5.41) is 5.80. The molecule has 8 heteroatoms. The first-order chi connectivity index (χ1) is 16.5. The standard InChI is InChI=1S/C26H19N3O4S/c1-15-9-10-22(33-15)21-12-18(17-7-3-4-8-20(17)28-21)24(30)29-25-23(26(31)32-2)19(14-34-25)16-6-5-11-27-13-16/h3-14H,1-2H3,(H,29,30). The number of ether oxygens (including phenoxy) is 1. The lowest BCUT2D eigenvalue weighted by molar-refractivity contribution is 0.0603. The van der Waals surface area contributed by atoms with Gasteiger partial charge in [-0.25, -0.2) is 9.78 Å². The highest BCUT2D eigenvalue weighted by molar-refractivity contribution is 7.15. The Labute approximate surface area is 199 Å². The monoisotopic (exact) mass is 469 g/mol. The van der Waals surface area contributed by atoms with Gasteiger partial charge in [-0.1, -0.05) is 24.3 Å². The highest BCUT2D eigenvalue weighted by Gasteiger charge is 2.24. The maximum atomic E-state index is 13.5. The number of carbonyl (C=O) groups excluding carboxylic acids is 2. The Hall–Kier alpha value is -4.30. The van der Waals surface area contributed by atoms with Gasteiger partial charge in [0.05, 0.1) is 18.2 Å². The number of hydrogen-bond acceptors (Lipinski definition) is 7. The van der Waals surface area contributed by atoms with Crippen LogP contribution in [0, 0.1) is 6.92 Å². The normalized spacial score (nSPS) is 10.9. The lowest BCUT2D eigenvalue weighted by Crippen LogP contribution is -2.15. The Bertz CT molecular complexity index is 1520. The van der Waals surface area contributed by atoms with Crippen molar-refractivity contribution in [3.63, 3.8) is 0 Å². The average molecular weight is 470 g/mol. The van der Waals surface area contributed by atoms with Crippen LogP contribution in [-0.4, -0.2) is 29.0 Å². The summed E-state index contributed by atoms with van der Waals surface area (Å²) < 4.78 is 10.7. The number of aryl methyl sites for hydroxylation is 1. The first-order valence-electron chi connectivity index (χ1n) is 10.4. The number of aromatic nitrogens is 2. The summed E-state index contributed by atoms with van der Waals surface area (Å²) >= 11 is 1.25. The number of nitrogens with one attached hydrogen (secondary N) is 1. The first-order valence-corrected chi connectivity index (χ1v) is 11.3. The highest BCUT2D eigenvalue weighted by Crippen LogP contribution is 2.36. The fourth-order valence-electron chi connectivity index (χ4n) is 3.72. The van der Waals surface area contributed by atoms with Gasteiger partial charge in [0.25, 0.3) is 5.91 Å². The largest absolute Gasteiger partial charge is 0.465 e. The van der Waals surface area contributed by atoms with Crippen LogP contribution < -0.4 is 5.32 Å². The van der Waals surface area contributed by atoms with Crippen LogP contribution in [0.3, 0.4) is 0 Å². The lowest BCUT2D eigenvalue weighted by atomic mass is 10.0. The molecule has 34 heavy (non-hydrogen) atoms. The third-order valence-corrected chi connectivity index (χ3v) is 6.23. The van der Waals surface area contributed by atoms with Crippen molar-refractivity contribution in [3.8, 4) is 22.6 Å². The molecule has 0 aliphatic rings. The second kappa shape index (κ2) is 8.92. The number of methoxy groups -OCH3 is 1. The number of para-hydroxylation sites is 1. The first kappa shape index (κ1) is 21.5. The predicted molar refractivity (Wildman–Crippen MR) is 131 cm³/mol. The van der Waals surface area contributed by atoms with E-state index in [1.165, 1.54) is 18.4 Å². The topological polar surface area (TPSA) is 94.3 Å². The zero-order valence-electron chi connectivity index (χ0n) is 18.4. The van der Waals surface area contributed by atoms with E-state index in [1.807, 2.05) is 49.4 Å². The molecular weight excluding hydrogens is 450 g/mol. The van der Waals surface area contributed by atoms with Crippen LogP contribution >= 0.6 is 11.3 Å². The van der Waals surface area contributed by atoms with Crippen molar-refractivity contribution < 1.29 is 18.7 Å². The smallest absolute Gasteiger partial charge is 0.341 e. The van der Waals surface area contributed by atoms with Crippen molar-refractivity contribution in [2.45, 2.75) is 6.92 Å². The molecule has 0 atom stereocenters. The fourth-order valence-corrected chi connectivity index (χ4v) is 4.67. The molecule has 0 saturated carbocycles. The third kappa shape index (κ3) is 3.95.